The largest absolute Gasteiger partial charge is 0.344 e. The van der Waals surface area contributed by atoms with Gasteiger partial charge in [-0.25, -0.2) is 9.97 Å². The molecule has 2 fully saturated rings. The second-order valence-corrected chi connectivity index (χ2v) is 9.58. The maximum absolute atomic E-state index is 13.0. The van der Waals surface area contributed by atoms with E-state index in [1.54, 1.807) is 17.5 Å². The average molecular weight is 442 g/mol. The molecule has 7 nitrogen and oxygen atoms in total. The van der Waals surface area contributed by atoms with E-state index in [1.165, 1.54) is 11.3 Å². The van der Waals surface area contributed by atoms with Crippen LogP contribution in [0.1, 0.15) is 22.5 Å². The lowest BCUT2D eigenvalue weighted by atomic mass is 9.95. The van der Waals surface area contributed by atoms with Crippen molar-refractivity contribution in [2.24, 2.45) is 5.92 Å². The van der Waals surface area contributed by atoms with Crippen molar-refractivity contribution in [3.63, 3.8) is 0 Å². The van der Waals surface area contributed by atoms with Crippen LogP contribution < -0.4 is 4.90 Å². The minimum absolute atomic E-state index is 0.0237. The lowest BCUT2D eigenvalue weighted by molar-refractivity contribution is -0.137. The SMILES string of the molecule is O=C(c1cccs1)N1CCC(C(=O)N2CCN(c3nc4cccnc4s3)CC2)CC1. The summed E-state index contributed by atoms with van der Waals surface area (Å²) in [5.41, 5.74) is 0.930. The van der Waals surface area contributed by atoms with Crippen LogP contribution in [-0.2, 0) is 4.79 Å². The van der Waals surface area contributed by atoms with Crippen LogP contribution in [0.25, 0.3) is 10.3 Å². The molecule has 30 heavy (non-hydrogen) atoms. The minimum Gasteiger partial charge on any atom is -0.344 e. The number of piperazine rings is 1. The van der Waals surface area contributed by atoms with Crippen LogP contribution in [0.3, 0.4) is 0 Å². The van der Waals surface area contributed by atoms with Gasteiger partial charge in [-0.3, -0.25) is 9.59 Å². The zero-order valence-corrected chi connectivity index (χ0v) is 18.2. The van der Waals surface area contributed by atoms with Gasteiger partial charge in [-0.1, -0.05) is 17.4 Å². The number of carbonyl (C=O) groups excluding carboxylic acids is 2. The van der Waals surface area contributed by atoms with Crippen molar-refractivity contribution in [1.29, 1.82) is 0 Å². The molecule has 0 saturated carbocycles. The third-order valence-electron chi connectivity index (χ3n) is 5.88. The van der Waals surface area contributed by atoms with Crippen LogP contribution in [0.15, 0.2) is 35.8 Å². The molecular weight excluding hydrogens is 418 g/mol. The summed E-state index contributed by atoms with van der Waals surface area (Å²) < 4.78 is 0. The van der Waals surface area contributed by atoms with Crippen LogP contribution in [0, 0.1) is 5.92 Å². The summed E-state index contributed by atoms with van der Waals surface area (Å²) in [6, 6.07) is 7.66. The number of pyridine rings is 1. The molecule has 5 rings (SSSR count). The van der Waals surface area contributed by atoms with E-state index in [-0.39, 0.29) is 17.7 Å². The number of fused-ring (bicyclic) bond motifs is 1. The number of carbonyl (C=O) groups is 2. The number of thiazole rings is 1. The molecule has 0 aliphatic carbocycles. The molecule has 0 aromatic carbocycles. The van der Waals surface area contributed by atoms with E-state index in [1.807, 2.05) is 39.4 Å². The van der Waals surface area contributed by atoms with E-state index in [2.05, 4.69) is 14.9 Å². The van der Waals surface area contributed by atoms with E-state index < -0.39 is 0 Å². The lowest BCUT2D eigenvalue weighted by Crippen LogP contribution is -2.52. The molecule has 0 radical (unpaired) electrons. The second kappa shape index (κ2) is 8.31. The highest BCUT2D eigenvalue weighted by atomic mass is 32.1. The Kier molecular flexibility index (Phi) is 5.39. The van der Waals surface area contributed by atoms with Gasteiger partial charge in [0.25, 0.3) is 5.91 Å². The number of amides is 2. The Hall–Kier alpha value is -2.52. The average Bonchev–Trinajstić information content (AvgIpc) is 3.48. The fourth-order valence-electron chi connectivity index (χ4n) is 4.16. The summed E-state index contributed by atoms with van der Waals surface area (Å²) in [6.45, 7) is 4.34. The van der Waals surface area contributed by atoms with Crippen LogP contribution in [0.4, 0.5) is 5.13 Å². The Morgan fingerprint density at radius 3 is 2.47 bits per heavy atom. The quantitative estimate of drug-likeness (QED) is 0.625. The fourth-order valence-corrected chi connectivity index (χ4v) is 5.81. The van der Waals surface area contributed by atoms with E-state index in [0.29, 0.717) is 13.1 Å². The summed E-state index contributed by atoms with van der Waals surface area (Å²) >= 11 is 3.08. The topological polar surface area (TPSA) is 69.6 Å². The van der Waals surface area contributed by atoms with Gasteiger partial charge in [-0.15, -0.1) is 11.3 Å². The van der Waals surface area contributed by atoms with E-state index in [9.17, 15) is 9.59 Å². The van der Waals surface area contributed by atoms with E-state index in [0.717, 1.165) is 59.4 Å². The van der Waals surface area contributed by atoms with Gasteiger partial charge >= 0.3 is 0 Å². The predicted molar refractivity (Wildman–Crippen MR) is 119 cm³/mol. The number of piperidine rings is 1. The summed E-state index contributed by atoms with van der Waals surface area (Å²) in [7, 11) is 0. The molecule has 0 spiro atoms. The molecule has 2 amide bonds. The molecule has 156 valence electrons. The van der Waals surface area contributed by atoms with Crippen LogP contribution in [0.5, 0.6) is 0 Å². The van der Waals surface area contributed by atoms with Crippen molar-refractivity contribution in [2.45, 2.75) is 12.8 Å². The van der Waals surface area contributed by atoms with Gasteiger partial charge in [-0.2, -0.15) is 0 Å². The molecule has 0 N–H and O–H groups in total. The molecule has 5 heterocycles. The van der Waals surface area contributed by atoms with Crippen LogP contribution >= 0.6 is 22.7 Å². The monoisotopic (exact) mass is 441 g/mol. The molecule has 2 saturated heterocycles. The number of likely N-dealkylation sites (tertiary alicyclic amines) is 1. The highest BCUT2D eigenvalue weighted by Crippen LogP contribution is 2.28. The van der Waals surface area contributed by atoms with Crippen LogP contribution in [0.2, 0.25) is 0 Å². The predicted octanol–water partition coefficient (Wildman–Crippen LogP) is 2.95. The number of nitrogens with zero attached hydrogens (tertiary/aromatic N) is 5. The summed E-state index contributed by atoms with van der Waals surface area (Å²) in [4.78, 5) is 42.4. The number of rotatable bonds is 3. The third-order valence-corrected chi connectivity index (χ3v) is 7.78. The molecule has 0 unspecified atom stereocenters. The summed E-state index contributed by atoms with van der Waals surface area (Å²) in [5, 5.41) is 2.91. The molecule has 2 aliphatic rings. The van der Waals surface area contributed by atoms with Crippen molar-refractivity contribution in [3.05, 3.63) is 40.7 Å². The Labute approximate surface area is 182 Å². The normalized spacial score (nSPS) is 18.2. The van der Waals surface area contributed by atoms with Crippen molar-refractivity contribution in [1.82, 2.24) is 19.8 Å². The maximum Gasteiger partial charge on any atom is 0.263 e. The highest BCUT2D eigenvalue weighted by molar-refractivity contribution is 7.21. The maximum atomic E-state index is 13.0. The Morgan fingerprint density at radius 1 is 0.967 bits per heavy atom. The minimum atomic E-state index is 0.0237. The van der Waals surface area contributed by atoms with Gasteiger partial charge < -0.3 is 14.7 Å². The molecule has 2 aliphatic heterocycles. The van der Waals surface area contributed by atoms with Gasteiger partial charge in [-0.05, 0) is 36.4 Å². The molecule has 0 bridgehead atoms. The molecular formula is C21H23N5O2S2. The van der Waals surface area contributed by atoms with Crippen molar-refractivity contribution in [2.75, 3.05) is 44.2 Å². The first-order valence-electron chi connectivity index (χ1n) is 10.3. The number of anilines is 1. The smallest absolute Gasteiger partial charge is 0.263 e. The number of aromatic nitrogens is 2. The third kappa shape index (κ3) is 3.79. The standard InChI is InChI=1S/C21H23N5O2S2/c27-19(15-5-8-24(9-6-15)20(28)17-4-2-14-29-17)25-10-12-26(13-11-25)21-23-16-3-1-7-22-18(16)30-21/h1-4,7,14-15H,5-6,8-13H2. The Bertz CT molecular complexity index is 1000. The lowest BCUT2D eigenvalue weighted by Gasteiger charge is -2.38. The zero-order chi connectivity index (χ0) is 20.5. The molecule has 9 heteroatoms. The summed E-state index contributed by atoms with van der Waals surface area (Å²) in [6.07, 6.45) is 3.29. The number of thiophene rings is 1. The van der Waals surface area contributed by atoms with Gasteiger partial charge in [0, 0.05) is 51.4 Å². The number of hydrogen-bond acceptors (Lipinski definition) is 7. The Balaban J connectivity index is 1.14. The van der Waals surface area contributed by atoms with Crippen molar-refractivity contribution < 1.29 is 9.59 Å². The van der Waals surface area contributed by atoms with Crippen molar-refractivity contribution in [3.8, 4) is 0 Å². The van der Waals surface area contributed by atoms with Gasteiger partial charge in [0.1, 0.15) is 10.3 Å². The van der Waals surface area contributed by atoms with Crippen LogP contribution in [-0.4, -0.2) is 70.9 Å². The first-order valence-corrected chi connectivity index (χ1v) is 12.0. The molecule has 0 atom stereocenters. The summed E-state index contributed by atoms with van der Waals surface area (Å²) in [5.74, 6) is 0.356. The van der Waals surface area contributed by atoms with Gasteiger partial charge in [0.05, 0.1) is 4.88 Å². The fraction of sp³-hybridized carbons (Fsp3) is 0.429. The zero-order valence-electron chi connectivity index (χ0n) is 16.6. The number of hydrogen-bond donors (Lipinski definition) is 0. The first-order chi connectivity index (χ1) is 14.7. The Morgan fingerprint density at radius 2 is 1.77 bits per heavy atom. The van der Waals surface area contributed by atoms with E-state index >= 15 is 0 Å². The van der Waals surface area contributed by atoms with Crippen molar-refractivity contribution >= 4 is 50.0 Å². The second-order valence-electron chi connectivity index (χ2n) is 7.68. The van der Waals surface area contributed by atoms with Gasteiger partial charge in [0.2, 0.25) is 5.91 Å². The first kappa shape index (κ1) is 19.4. The van der Waals surface area contributed by atoms with E-state index in [4.69, 9.17) is 0 Å². The van der Waals surface area contributed by atoms with Gasteiger partial charge in [0.15, 0.2) is 5.13 Å². The molecule has 3 aromatic rings. The molecule has 3 aromatic heterocycles. The highest BCUT2D eigenvalue weighted by Gasteiger charge is 2.32.